The van der Waals surface area contributed by atoms with Gasteiger partial charge in [-0.3, -0.25) is 0 Å². The van der Waals surface area contributed by atoms with E-state index in [4.69, 9.17) is 9.52 Å². The van der Waals surface area contributed by atoms with Gasteiger partial charge in [0.05, 0.1) is 0 Å². The van der Waals surface area contributed by atoms with Gasteiger partial charge in [0, 0.05) is 11.6 Å². The maximum atomic E-state index is 12.9. The van der Waals surface area contributed by atoms with Gasteiger partial charge in [0.1, 0.15) is 29.8 Å². The first-order valence-corrected chi connectivity index (χ1v) is 4.35. The second-order valence-corrected chi connectivity index (χ2v) is 3.08. The molecule has 0 bridgehead atoms. The Kier molecular flexibility index (Phi) is 2.51. The SMILES string of the molecule is OCc1ccc(-c2cc(F)cc(F)c2)o1. The van der Waals surface area contributed by atoms with Crippen molar-refractivity contribution in [1.82, 2.24) is 0 Å². The van der Waals surface area contributed by atoms with E-state index in [2.05, 4.69) is 0 Å². The minimum absolute atomic E-state index is 0.238. The minimum Gasteiger partial charge on any atom is -0.459 e. The largest absolute Gasteiger partial charge is 0.459 e. The Bertz CT molecular complexity index is 457. The Morgan fingerprint density at radius 2 is 1.73 bits per heavy atom. The van der Waals surface area contributed by atoms with Crippen molar-refractivity contribution in [1.29, 1.82) is 0 Å². The molecule has 15 heavy (non-hydrogen) atoms. The van der Waals surface area contributed by atoms with Crippen molar-refractivity contribution in [2.45, 2.75) is 6.61 Å². The average molecular weight is 210 g/mol. The summed E-state index contributed by atoms with van der Waals surface area (Å²) in [4.78, 5) is 0. The highest BCUT2D eigenvalue weighted by Crippen LogP contribution is 2.23. The highest BCUT2D eigenvalue weighted by molar-refractivity contribution is 5.57. The van der Waals surface area contributed by atoms with Crippen LogP contribution in [0.25, 0.3) is 11.3 Å². The van der Waals surface area contributed by atoms with Crippen LogP contribution in [-0.2, 0) is 6.61 Å². The molecule has 0 saturated carbocycles. The topological polar surface area (TPSA) is 33.4 Å². The van der Waals surface area contributed by atoms with Crippen molar-refractivity contribution < 1.29 is 18.3 Å². The standard InChI is InChI=1S/C11H8F2O2/c12-8-3-7(4-9(13)5-8)11-2-1-10(6-14)15-11/h1-5,14H,6H2. The molecular formula is C11H8F2O2. The number of halogens is 2. The van der Waals surface area contributed by atoms with E-state index in [0.717, 1.165) is 6.07 Å². The minimum atomic E-state index is -0.660. The van der Waals surface area contributed by atoms with E-state index in [1.54, 1.807) is 12.1 Å². The van der Waals surface area contributed by atoms with Crippen molar-refractivity contribution in [2.75, 3.05) is 0 Å². The predicted octanol–water partition coefficient (Wildman–Crippen LogP) is 2.72. The molecule has 2 aromatic rings. The van der Waals surface area contributed by atoms with E-state index in [0.29, 0.717) is 17.1 Å². The lowest BCUT2D eigenvalue weighted by molar-refractivity contribution is 0.248. The summed E-state index contributed by atoms with van der Waals surface area (Å²) in [6.45, 7) is -0.238. The van der Waals surface area contributed by atoms with Crippen LogP contribution in [0, 0.1) is 11.6 Å². The third kappa shape index (κ3) is 2.05. The fourth-order valence-electron chi connectivity index (χ4n) is 1.31. The maximum Gasteiger partial charge on any atom is 0.134 e. The summed E-state index contributed by atoms with van der Waals surface area (Å²) in [5.74, 6) is -0.633. The van der Waals surface area contributed by atoms with Crippen LogP contribution in [-0.4, -0.2) is 5.11 Å². The van der Waals surface area contributed by atoms with Gasteiger partial charge in [-0.25, -0.2) is 8.78 Å². The van der Waals surface area contributed by atoms with E-state index in [1.807, 2.05) is 0 Å². The molecule has 1 heterocycles. The molecule has 2 nitrogen and oxygen atoms in total. The van der Waals surface area contributed by atoms with Crippen LogP contribution < -0.4 is 0 Å². The summed E-state index contributed by atoms with van der Waals surface area (Å²) in [6.07, 6.45) is 0. The van der Waals surface area contributed by atoms with Crippen molar-refractivity contribution in [3.63, 3.8) is 0 Å². The molecule has 0 amide bonds. The lowest BCUT2D eigenvalue weighted by atomic mass is 10.1. The molecule has 0 spiro atoms. The zero-order valence-corrected chi connectivity index (χ0v) is 7.71. The lowest BCUT2D eigenvalue weighted by Crippen LogP contribution is -1.82. The zero-order valence-electron chi connectivity index (χ0n) is 7.71. The Hall–Kier alpha value is -1.68. The van der Waals surface area contributed by atoms with Gasteiger partial charge in [0.2, 0.25) is 0 Å². The van der Waals surface area contributed by atoms with Crippen LogP contribution in [0.4, 0.5) is 8.78 Å². The number of aliphatic hydroxyl groups is 1. The smallest absolute Gasteiger partial charge is 0.134 e. The summed E-state index contributed by atoms with van der Waals surface area (Å²) in [7, 11) is 0. The third-order valence-corrected chi connectivity index (χ3v) is 1.96. The summed E-state index contributed by atoms with van der Waals surface area (Å²) >= 11 is 0. The zero-order chi connectivity index (χ0) is 10.8. The molecule has 1 aromatic heterocycles. The summed E-state index contributed by atoms with van der Waals surface area (Å²) in [6, 6.07) is 6.24. The second-order valence-electron chi connectivity index (χ2n) is 3.08. The average Bonchev–Trinajstić information content (AvgIpc) is 2.64. The molecule has 0 atom stereocenters. The van der Waals surface area contributed by atoms with Crippen LogP contribution in [0.5, 0.6) is 0 Å². The monoisotopic (exact) mass is 210 g/mol. The van der Waals surface area contributed by atoms with Crippen molar-refractivity contribution in [3.05, 3.63) is 47.7 Å². The van der Waals surface area contributed by atoms with Gasteiger partial charge in [-0.2, -0.15) is 0 Å². The van der Waals surface area contributed by atoms with Crippen molar-refractivity contribution in [2.24, 2.45) is 0 Å². The van der Waals surface area contributed by atoms with Gasteiger partial charge in [-0.1, -0.05) is 0 Å². The van der Waals surface area contributed by atoms with Crippen molar-refractivity contribution >= 4 is 0 Å². The van der Waals surface area contributed by atoms with Crippen LogP contribution in [0.15, 0.2) is 34.7 Å². The first-order chi connectivity index (χ1) is 7.19. The van der Waals surface area contributed by atoms with E-state index < -0.39 is 11.6 Å². The number of furan rings is 1. The van der Waals surface area contributed by atoms with Crippen LogP contribution in [0.1, 0.15) is 5.76 Å². The molecule has 0 aliphatic heterocycles. The van der Waals surface area contributed by atoms with Gasteiger partial charge in [-0.05, 0) is 24.3 Å². The van der Waals surface area contributed by atoms with Crippen LogP contribution in [0.2, 0.25) is 0 Å². The van der Waals surface area contributed by atoms with Crippen LogP contribution in [0.3, 0.4) is 0 Å². The number of aliphatic hydroxyl groups excluding tert-OH is 1. The highest BCUT2D eigenvalue weighted by atomic mass is 19.1. The Balaban J connectivity index is 2.44. The summed E-state index contributed by atoms with van der Waals surface area (Å²) in [5.41, 5.74) is 0.312. The summed E-state index contributed by atoms with van der Waals surface area (Å²) < 4.78 is 30.9. The lowest BCUT2D eigenvalue weighted by Gasteiger charge is -1.98. The van der Waals surface area contributed by atoms with Gasteiger partial charge < -0.3 is 9.52 Å². The van der Waals surface area contributed by atoms with Gasteiger partial charge >= 0.3 is 0 Å². The van der Waals surface area contributed by atoms with Crippen LogP contribution >= 0.6 is 0 Å². The molecule has 0 fully saturated rings. The second kappa shape index (κ2) is 3.82. The molecular weight excluding hydrogens is 202 g/mol. The van der Waals surface area contributed by atoms with Crippen molar-refractivity contribution in [3.8, 4) is 11.3 Å². The van der Waals surface area contributed by atoms with Gasteiger partial charge in [-0.15, -0.1) is 0 Å². The normalized spacial score (nSPS) is 10.6. The maximum absolute atomic E-state index is 12.9. The molecule has 0 aliphatic carbocycles. The first kappa shape index (κ1) is 9.86. The number of rotatable bonds is 2. The first-order valence-electron chi connectivity index (χ1n) is 4.35. The Labute approximate surface area is 84.8 Å². The fraction of sp³-hybridized carbons (Fsp3) is 0.0909. The van der Waals surface area contributed by atoms with E-state index >= 15 is 0 Å². The van der Waals surface area contributed by atoms with Gasteiger partial charge in [0.15, 0.2) is 0 Å². The molecule has 0 aliphatic rings. The third-order valence-electron chi connectivity index (χ3n) is 1.96. The Morgan fingerprint density at radius 1 is 1.07 bits per heavy atom. The van der Waals surface area contributed by atoms with Gasteiger partial charge in [0.25, 0.3) is 0 Å². The molecule has 78 valence electrons. The summed E-state index contributed by atoms with van der Waals surface area (Å²) in [5, 5.41) is 8.77. The number of hydrogen-bond donors (Lipinski definition) is 1. The molecule has 1 N–H and O–H groups in total. The number of hydrogen-bond acceptors (Lipinski definition) is 2. The molecule has 0 radical (unpaired) electrons. The molecule has 1 aromatic carbocycles. The van der Waals surface area contributed by atoms with E-state index in [9.17, 15) is 8.78 Å². The molecule has 2 rings (SSSR count). The fourth-order valence-corrected chi connectivity index (χ4v) is 1.31. The number of benzene rings is 1. The predicted molar refractivity (Wildman–Crippen MR) is 50.0 cm³/mol. The molecule has 4 heteroatoms. The highest BCUT2D eigenvalue weighted by Gasteiger charge is 2.07. The van der Waals surface area contributed by atoms with E-state index in [1.165, 1.54) is 12.1 Å². The molecule has 0 saturated heterocycles. The Morgan fingerprint density at radius 3 is 2.27 bits per heavy atom. The molecule has 0 unspecified atom stereocenters. The van der Waals surface area contributed by atoms with E-state index in [-0.39, 0.29) is 6.61 Å². The quantitative estimate of drug-likeness (QED) is 0.826.